The van der Waals surface area contributed by atoms with Gasteiger partial charge in [-0.05, 0) is 12.0 Å². The van der Waals surface area contributed by atoms with Gasteiger partial charge in [0.1, 0.15) is 19.2 Å². The number of hydrogen-bond donors (Lipinski definition) is 2. The molecule has 1 aliphatic rings. The van der Waals surface area contributed by atoms with Crippen LogP contribution in [0, 0.1) is 0 Å². The third kappa shape index (κ3) is 6.76. The molecule has 1 aromatic carbocycles. The maximum Gasteiger partial charge on any atom is 0.408 e. The van der Waals surface area contributed by atoms with Crippen molar-refractivity contribution in [1.29, 1.82) is 0 Å². The van der Waals surface area contributed by atoms with Gasteiger partial charge in [-0.1, -0.05) is 30.3 Å². The number of benzene rings is 1. The van der Waals surface area contributed by atoms with Crippen molar-refractivity contribution in [2.45, 2.75) is 19.1 Å². The first-order valence-corrected chi connectivity index (χ1v) is 8.76. The number of rotatable bonds is 9. The van der Waals surface area contributed by atoms with Crippen molar-refractivity contribution in [2.24, 2.45) is 0 Å². The van der Waals surface area contributed by atoms with Crippen molar-refractivity contribution >= 4 is 29.8 Å². The predicted molar refractivity (Wildman–Crippen MR) is 99.1 cm³/mol. The molecule has 0 radical (unpaired) electrons. The molecule has 1 atom stereocenters. The summed E-state index contributed by atoms with van der Waals surface area (Å²) in [6, 6.07) is 7.80. The number of ether oxygens (including phenoxy) is 2. The Bertz CT molecular complexity index is 789. The zero-order chi connectivity index (χ0) is 21.2. The standard InChI is InChI=1S/C19H21N3O7/c1-28-17(25)11-20-18(26)14(9-10-22-15(23)7-8-16(22)24)21-19(27)29-12-13-5-3-2-4-6-13/h2-8,14H,9-12H2,1H3,(H,20,26)(H,21,27)/t14-/m0/s1. The minimum absolute atomic E-state index is 0.00378. The third-order valence-electron chi connectivity index (χ3n) is 4.00. The Morgan fingerprint density at radius 1 is 1.07 bits per heavy atom. The molecule has 0 aromatic heterocycles. The lowest BCUT2D eigenvalue weighted by atomic mass is 10.2. The summed E-state index contributed by atoms with van der Waals surface area (Å²) >= 11 is 0. The van der Waals surface area contributed by atoms with Crippen LogP contribution in [0.2, 0.25) is 0 Å². The van der Waals surface area contributed by atoms with Gasteiger partial charge in [-0.15, -0.1) is 0 Å². The van der Waals surface area contributed by atoms with E-state index in [-0.39, 0.29) is 19.6 Å². The van der Waals surface area contributed by atoms with Gasteiger partial charge in [-0.2, -0.15) is 0 Å². The molecule has 0 unspecified atom stereocenters. The second kappa shape index (κ2) is 10.6. The summed E-state index contributed by atoms with van der Waals surface area (Å²) in [6.07, 6.45) is 1.32. The summed E-state index contributed by atoms with van der Waals surface area (Å²) in [5.74, 6) is -2.36. The molecule has 154 valence electrons. The summed E-state index contributed by atoms with van der Waals surface area (Å²) in [4.78, 5) is 59.9. The first kappa shape index (κ1) is 21.6. The number of hydrogen-bond acceptors (Lipinski definition) is 7. The van der Waals surface area contributed by atoms with Crippen molar-refractivity contribution in [2.75, 3.05) is 20.2 Å². The summed E-state index contributed by atoms with van der Waals surface area (Å²) in [7, 11) is 1.17. The fourth-order valence-corrected chi connectivity index (χ4v) is 2.44. The predicted octanol–water partition coefficient (Wildman–Crippen LogP) is -0.114. The zero-order valence-corrected chi connectivity index (χ0v) is 15.8. The molecule has 0 spiro atoms. The van der Waals surface area contributed by atoms with Crippen molar-refractivity contribution < 1.29 is 33.4 Å². The lowest BCUT2D eigenvalue weighted by Gasteiger charge is -2.21. The van der Waals surface area contributed by atoms with Gasteiger partial charge >= 0.3 is 12.1 Å². The fraction of sp³-hybridized carbons (Fsp3) is 0.316. The molecule has 2 rings (SSSR count). The van der Waals surface area contributed by atoms with Crippen LogP contribution in [0.5, 0.6) is 0 Å². The number of nitrogens with one attached hydrogen (secondary N) is 2. The average molecular weight is 403 g/mol. The van der Waals surface area contributed by atoms with Crippen LogP contribution in [0.4, 0.5) is 4.79 Å². The Labute approximate surface area is 166 Å². The largest absolute Gasteiger partial charge is 0.468 e. The Hall–Kier alpha value is -3.69. The van der Waals surface area contributed by atoms with Gasteiger partial charge in [-0.25, -0.2) is 4.79 Å². The van der Waals surface area contributed by atoms with E-state index in [9.17, 15) is 24.0 Å². The highest BCUT2D eigenvalue weighted by Crippen LogP contribution is 2.07. The van der Waals surface area contributed by atoms with Gasteiger partial charge in [0, 0.05) is 18.7 Å². The summed E-state index contributed by atoms with van der Waals surface area (Å²) < 4.78 is 9.53. The number of esters is 1. The van der Waals surface area contributed by atoms with E-state index in [1.807, 2.05) is 6.07 Å². The molecular weight excluding hydrogens is 382 g/mol. The average Bonchev–Trinajstić information content (AvgIpc) is 3.05. The number of carbonyl (C=O) groups excluding carboxylic acids is 5. The minimum Gasteiger partial charge on any atom is -0.468 e. The summed E-state index contributed by atoms with van der Waals surface area (Å²) in [5.41, 5.74) is 0.758. The molecule has 0 fully saturated rings. The highest BCUT2D eigenvalue weighted by molar-refractivity contribution is 6.12. The lowest BCUT2D eigenvalue weighted by Crippen LogP contribution is -2.49. The van der Waals surface area contributed by atoms with Gasteiger partial charge < -0.3 is 20.1 Å². The van der Waals surface area contributed by atoms with Crippen molar-refractivity contribution in [3.8, 4) is 0 Å². The second-order valence-electron chi connectivity index (χ2n) is 6.00. The van der Waals surface area contributed by atoms with E-state index >= 15 is 0 Å². The molecule has 2 N–H and O–H groups in total. The number of imide groups is 1. The number of methoxy groups -OCH3 is 1. The van der Waals surface area contributed by atoms with Crippen LogP contribution in [0.3, 0.4) is 0 Å². The van der Waals surface area contributed by atoms with Crippen LogP contribution in [0.15, 0.2) is 42.5 Å². The van der Waals surface area contributed by atoms with Crippen LogP contribution in [0.1, 0.15) is 12.0 Å². The van der Waals surface area contributed by atoms with Gasteiger partial charge in [-0.3, -0.25) is 24.1 Å². The van der Waals surface area contributed by atoms with E-state index < -0.39 is 42.4 Å². The highest BCUT2D eigenvalue weighted by atomic mass is 16.5. The fourth-order valence-electron chi connectivity index (χ4n) is 2.44. The molecular formula is C19H21N3O7. The Kier molecular flexibility index (Phi) is 7.89. The van der Waals surface area contributed by atoms with Crippen LogP contribution >= 0.6 is 0 Å². The van der Waals surface area contributed by atoms with Crippen LogP contribution in [-0.2, 0) is 35.3 Å². The van der Waals surface area contributed by atoms with E-state index in [1.165, 1.54) is 7.11 Å². The summed E-state index contributed by atoms with van der Waals surface area (Å²) in [5, 5.41) is 4.71. The topological polar surface area (TPSA) is 131 Å². The van der Waals surface area contributed by atoms with Crippen LogP contribution < -0.4 is 10.6 Å². The SMILES string of the molecule is COC(=O)CNC(=O)[C@H](CCN1C(=O)C=CC1=O)NC(=O)OCc1ccccc1. The molecule has 0 saturated heterocycles. The molecule has 29 heavy (non-hydrogen) atoms. The number of carbonyl (C=O) groups is 5. The molecule has 1 heterocycles. The molecule has 1 aliphatic heterocycles. The monoisotopic (exact) mass is 403 g/mol. The van der Waals surface area contributed by atoms with E-state index in [2.05, 4.69) is 15.4 Å². The van der Waals surface area contributed by atoms with E-state index in [0.29, 0.717) is 0 Å². The highest BCUT2D eigenvalue weighted by Gasteiger charge is 2.27. The third-order valence-corrected chi connectivity index (χ3v) is 4.00. The smallest absolute Gasteiger partial charge is 0.408 e. The maximum atomic E-state index is 12.3. The molecule has 10 nitrogen and oxygen atoms in total. The van der Waals surface area contributed by atoms with Crippen molar-refractivity contribution in [3.05, 3.63) is 48.0 Å². The van der Waals surface area contributed by atoms with Crippen molar-refractivity contribution in [1.82, 2.24) is 15.5 Å². The van der Waals surface area contributed by atoms with Gasteiger partial charge in [0.2, 0.25) is 5.91 Å². The zero-order valence-electron chi connectivity index (χ0n) is 15.8. The maximum absolute atomic E-state index is 12.3. The minimum atomic E-state index is -1.14. The molecule has 0 aliphatic carbocycles. The van der Waals surface area contributed by atoms with E-state index in [0.717, 1.165) is 22.6 Å². The molecule has 0 saturated carbocycles. The first-order valence-electron chi connectivity index (χ1n) is 8.76. The van der Waals surface area contributed by atoms with Crippen LogP contribution in [-0.4, -0.2) is 60.9 Å². The van der Waals surface area contributed by atoms with E-state index in [4.69, 9.17) is 4.74 Å². The lowest BCUT2D eigenvalue weighted by molar-refractivity contribution is -0.141. The van der Waals surface area contributed by atoms with Gasteiger partial charge in [0.15, 0.2) is 0 Å². The molecule has 10 heteroatoms. The Morgan fingerprint density at radius 3 is 2.34 bits per heavy atom. The number of nitrogens with zero attached hydrogens (tertiary/aromatic N) is 1. The molecule has 0 bridgehead atoms. The van der Waals surface area contributed by atoms with Gasteiger partial charge in [0.25, 0.3) is 11.8 Å². The summed E-state index contributed by atoms with van der Waals surface area (Å²) in [6.45, 7) is -0.494. The van der Waals surface area contributed by atoms with Gasteiger partial charge in [0.05, 0.1) is 7.11 Å². The quantitative estimate of drug-likeness (QED) is 0.434. The molecule has 1 aromatic rings. The number of amides is 4. The Morgan fingerprint density at radius 2 is 1.72 bits per heavy atom. The number of alkyl carbamates (subject to hydrolysis) is 1. The second-order valence-corrected chi connectivity index (χ2v) is 6.00. The Balaban J connectivity index is 1.94. The molecule has 4 amide bonds. The normalized spacial score (nSPS) is 13.8. The van der Waals surface area contributed by atoms with Crippen LogP contribution in [0.25, 0.3) is 0 Å². The first-order chi connectivity index (χ1) is 13.9. The van der Waals surface area contributed by atoms with Crippen molar-refractivity contribution in [3.63, 3.8) is 0 Å². The van der Waals surface area contributed by atoms with E-state index in [1.54, 1.807) is 24.3 Å².